The van der Waals surface area contributed by atoms with E-state index in [2.05, 4.69) is 4.98 Å². The van der Waals surface area contributed by atoms with Crippen molar-refractivity contribution in [3.05, 3.63) is 51.6 Å². The Morgan fingerprint density at radius 2 is 2.00 bits per heavy atom. The molecule has 22 heavy (non-hydrogen) atoms. The Bertz CT molecular complexity index is 781. The maximum absolute atomic E-state index is 14.3. The van der Waals surface area contributed by atoms with Crippen LogP contribution in [-0.4, -0.2) is 30.2 Å². The van der Waals surface area contributed by atoms with Crippen LogP contribution in [0.2, 0.25) is 0 Å². The van der Waals surface area contributed by atoms with Crippen LogP contribution in [0.4, 0.5) is 10.1 Å². The molecule has 0 bridgehead atoms. The number of aromatic nitrogens is 1. The molecule has 0 atom stereocenters. The van der Waals surface area contributed by atoms with Gasteiger partial charge >= 0.3 is 5.97 Å². The molecular formula is C16H17FN2O3. The summed E-state index contributed by atoms with van der Waals surface area (Å²) >= 11 is 0. The zero-order valence-electron chi connectivity index (χ0n) is 12.6. The first-order valence-electron chi connectivity index (χ1n) is 6.81. The monoisotopic (exact) mass is 304 g/mol. The number of pyridine rings is 1. The molecule has 5 nitrogen and oxygen atoms in total. The number of aromatic carboxylic acids is 1. The highest BCUT2D eigenvalue weighted by Crippen LogP contribution is 2.27. The van der Waals surface area contributed by atoms with Gasteiger partial charge in [-0.15, -0.1) is 0 Å². The van der Waals surface area contributed by atoms with Crippen molar-refractivity contribution in [1.29, 1.82) is 0 Å². The molecule has 1 aromatic carbocycles. The van der Waals surface area contributed by atoms with Gasteiger partial charge in [0.1, 0.15) is 11.4 Å². The third-order valence-electron chi connectivity index (χ3n) is 3.47. The smallest absolute Gasteiger partial charge is 0.341 e. The third-order valence-corrected chi connectivity index (χ3v) is 3.47. The van der Waals surface area contributed by atoms with Crippen molar-refractivity contribution in [1.82, 2.24) is 4.98 Å². The number of nitrogens with zero attached hydrogens (tertiary/aromatic N) is 1. The van der Waals surface area contributed by atoms with E-state index in [4.69, 9.17) is 5.11 Å². The molecule has 0 unspecified atom stereocenters. The van der Waals surface area contributed by atoms with E-state index < -0.39 is 17.3 Å². The molecule has 0 aliphatic rings. The Labute approximate surface area is 127 Å². The summed E-state index contributed by atoms with van der Waals surface area (Å²) in [6.45, 7) is 1.81. The fourth-order valence-electron chi connectivity index (χ4n) is 2.24. The molecule has 0 saturated carbocycles. The third kappa shape index (κ3) is 2.86. The lowest BCUT2D eigenvalue weighted by molar-refractivity contribution is 0.0695. The lowest BCUT2D eigenvalue weighted by Crippen LogP contribution is -2.19. The summed E-state index contributed by atoms with van der Waals surface area (Å²) in [6.07, 6.45) is 0.473. The molecular weight excluding hydrogens is 287 g/mol. The van der Waals surface area contributed by atoms with Gasteiger partial charge in [0.15, 0.2) is 0 Å². The Morgan fingerprint density at radius 1 is 1.32 bits per heavy atom. The van der Waals surface area contributed by atoms with Crippen LogP contribution < -0.4 is 10.5 Å². The average Bonchev–Trinajstić information content (AvgIpc) is 2.46. The minimum Gasteiger partial charge on any atom is -0.477 e. The molecule has 1 heterocycles. The highest BCUT2D eigenvalue weighted by molar-refractivity contribution is 5.88. The zero-order valence-corrected chi connectivity index (χ0v) is 12.6. The number of H-pyrrole nitrogens is 1. The van der Waals surface area contributed by atoms with Gasteiger partial charge in [-0.3, -0.25) is 4.79 Å². The second-order valence-corrected chi connectivity index (χ2v) is 5.13. The molecule has 0 aliphatic carbocycles. The van der Waals surface area contributed by atoms with E-state index in [1.165, 1.54) is 12.1 Å². The maximum Gasteiger partial charge on any atom is 0.341 e. The Balaban J connectivity index is 2.65. The van der Waals surface area contributed by atoms with E-state index >= 15 is 0 Å². The van der Waals surface area contributed by atoms with Crippen LogP contribution in [0.5, 0.6) is 0 Å². The molecule has 2 aromatic rings. The summed E-state index contributed by atoms with van der Waals surface area (Å²) in [7, 11) is 3.60. The molecule has 116 valence electrons. The van der Waals surface area contributed by atoms with E-state index in [9.17, 15) is 14.0 Å². The van der Waals surface area contributed by atoms with E-state index in [1.807, 2.05) is 6.92 Å². The number of hydrogen-bond donors (Lipinski definition) is 2. The van der Waals surface area contributed by atoms with Gasteiger partial charge in [0.05, 0.1) is 5.69 Å². The molecule has 1 aromatic heterocycles. The van der Waals surface area contributed by atoms with E-state index in [1.54, 1.807) is 31.1 Å². The fraction of sp³-hybridized carbons (Fsp3) is 0.250. The van der Waals surface area contributed by atoms with Gasteiger partial charge in [0.25, 0.3) is 5.56 Å². The van der Waals surface area contributed by atoms with Gasteiger partial charge in [-0.1, -0.05) is 6.92 Å². The molecule has 0 aliphatic heterocycles. The largest absolute Gasteiger partial charge is 0.477 e. The number of aryl methyl sites for hydroxylation is 1. The number of aromatic amines is 1. The Kier molecular flexibility index (Phi) is 4.30. The normalized spacial score (nSPS) is 10.5. The molecule has 0 amide bonds. The Morgan fingerprint density at radius 3 is 2.50 bits per heavy atom. The number of benzene rings is 1. The van der Waals surface area contributed by atoms with Crippen LogP contribution in [0.1, 0.15) is 22.8 Å². The van der Waals surface area contributed by atoms with Crippen molar-refractivity contribution >= 4 is 11.7 Å². The van der Waals surface area contributed by atoms with E-state index in [-0.39, 0.29) is 11.1 Å². The van der Waals surface area contributed by atoms with Gasteiger partial charge in [0, 0.05) is 25.3 Å². The van der Waals surface area contributed by atoms with Gasteiger partial charge in [-0.2, -0.15) is 0 Å². The van der Waals surface area contributed by atoms with Crippen LogP contribution in [0, 0.1) is 5.82 Å². The molecule has 0 spiro atoms. The first-order chi connectivity index (χ1) is 10.3. The Hall–Kier alpha value is -2.63. The lowest BCUT2D eigenvalue weighted by atomic mass is 10.0. The topological polar surface area (TPSA) is 73.4 Å². The molecule has 0 radical (unpaired) electrons. The number of carboxylic acids is 1. The molecule has 2 N–H and O–H groups in total. The van der Waals surface area contributed by atoms with Crippen LogP contribution in [0.15, 0.2) is 29.1 Å². The minimum absolute atomic E-state index is 0.247. The van der Waals surface area contributed by atoms with Crippen molar-refractivity contribution in [3.63, 3.8) is 0 Å². The zero-order chi connectivity index (χ0) is 16.4. The first kappa shape index (κ1) is 15.8. The summed E-state index contributed by atoms with van der Waals surface area (Å²) in [5.74, 6) is -1.77. The van der Waals surface area contributed by atoms with Gasteiger partial charge in [-0.05, 0) is 36.2 Å². The molecule has 6 heteroatoms. The standard InChI is InChI=1S/C16H17FN2O3/c1-4-9-7-12(16(21)22)15(20)18-14(9)11-6-5-10(19(2)3)8-13(11)17/h5-8H,4H2,1-3H3,(H,18,20)(H,21,22). The highest BCUT2D eigenvalue weighted by atomic mass is 19.1. The summed E-state index contributed by atoms with van der Waals surface area (Å²) in [4.78, 5) is 27.1. The number of anilines is 1. The van der Waals surface area contributed by atoms with Crippen molar-refractivity contribution in [2.24, 2.45) is 0 Å². The van der Waals surface area contributed by atoms with Gasteiger partial charge < -0.3 is 15.0 Å². The summed E-state index contributed by atoms with van der Waals surface area (Å²) in [5.41, 5.74) is 0.760. The van der Waals surface area contributed by atoms with Crippen molar-refractivity contribution in [3.8, 4) is 11.3 Å². The molecule has 0 saturated heterocycles. The van der Waals surface area contributed by atoms with Gasteiger partial charge in [0.2, 0.25) is 0 Å². The highest BCUT2D eigenvalue weighted by Gasteiger charge is 2.16. The van der Waals surface area contributed by atoms with Crippen LogP contribution in [-0.2, 0) is 6.42 Å². The first-order valence-corrected chi connectivity index (χ1v) is 6.81. The predicted molar refractivity (Wildman–Crippen MR) is 83.1 cm³/mol. The minimum atomic E-state index is -1.30. The average molecular weight is 304 g/mol. The summed E-state index contributed by atoms with van der Waals surface area (Å²) in [5, 5.41) is 9.00. The van der Waals surface area contributed by atoms with Gasteiger partial charge in [-0.25, -0.2) is 9.18 Å². The van der Waals surface area contributed by atoms with Crippen molar-refractivity contribution in [2.75, 3.05) is 19.0 Å². The maximum atomic E-state index is 14.3. The van der Waals surface area contributed by atoms with Crippen LogP contribution >= 0.6 is 0 Å². The van der Waals surface area contributed by atoms with E-state index in [0.29, 0.717) is 23.4 Å². The molecule has 0 fully saturated rings. The predicted octanol–water partition coefficient (Wildman–Crippen LogP) is 2.51. The lowest BCUT2D eigenvalue weighted by Gasteiger charge is -2.15. The number of carbonyl (C=O) groups is 1. The molecule has 2 rings (SSSR count). The van der Waals surface area contributed by atoms with Crippen molar-refractivity contribution in [2.45, 2.75) is 13.3 Å². The number of hydrogen-bond acceptors (Lipinski definition) is 3. The number of halogens is 1. The SMILES string of the molecule is CCc1cc(C(=O)O)c(=O)[nH]c1-c1ccc(N(C)C)cc1F. The number of carboxylic acid groups (broad SMARTS) is 1. The summed E-state index contributed by atoms with van der Waals surface area (Å²) < 4.78 is 14.3. The second kappa shape index (κ2) is 6.01. The van der Waals surface area contributed by atoms with Crippen molar-refractivity contribution < 1.29 is 14.3 Å². The van der Waals surface area contributed by atoms with E-state index in [0.717, 1.165) is 0 Å². The number of rotatable bonds is 4. The summed E-state index contributed by atoms with van der Waals surface area (Å²) in [6, 6.07) is 5.99. The number of nitrogens with one attached hydrogen (secondary N) is 1. The fourth-order valence-corrected chi connectivity index (χ4v) is 2.24. The second-order valence-electron chi connectivity index (χ2n) is 5.13. The van der Waals surface area contributed by atoms with Crippen LogP contribution in [0.3, 0.4) is 0 Å². The quantitative estimate of drug-likeness (QED) is 0.910. The van der Waals surface area contributed by atoms with Crippen LogP contribution in [0.25, 0.3) is 11.3 Å².